The minimum absolute atomic E-state index is 0.680. The van der Waals surface area contributed by atoms with E-state index >= 15 is 0 Å². The Labute approximate surface area is 112 Å². The highest BCUT2D eigenvalue weighted by Crippen LogP contribution is 2.19. The first-order valence-corrected chi connectivity index (χ1v) is 6.19. The third-order valence-corrected chi connectivity index (χ3v) is 2.97. The van der Waals surface area contributed by atoms with Crippen LogP contribution in [0.25, 0.3) is 11.0 Å². The molecule has 0 aliphatic rings. The van der Waals surface area contributed by atoms with Gasteiger partial charge in [0.05, 0.1) is 17.2 Å². The highest BCUT2D eigenvalue weighted by atomic mass is 79.9. The highest BCUT2D eigenvalue weighted by molar-refractivity contribution is 9.10. The summed E-state index contributed by atoms with van der Waals surface area (Å²) in [6.07, 6.45) is 3.57. The van der Waals surface area contributed by atoms with Crippen molar-refractivity contribution in [2.24, 2.45) is 7.05 Å². The van der Waals surface area contributed by atoms with Gasteiger partial charge in [0.1, 0.15) is 0 Å². The number of hydrogen-bond donors (Lipinski definition) is 1. The first-order chi connectivity index (χ1) is 8.70. The summed E-state index contributed by atoms with van der Waals surface area (Å²) in [6.45, 7) is 0. The minimum Gasteiger partial charge on any atom is -0.322 e. The lowest BCUT2D eigenvalue weighted by Crippen LogP contribution is -1.97. The second-order valence-corrected chi connectivity index (χ2v) is 4.80. The van der Waals surface area contributed by atoms with Crippen molar-refractivity contribution in [2.75, 3.05) is 5.32 Å². The van der Waals surface area contributed by atoms with Gasteiger partial charge in [0, 0.05) is 23.8 Å². The number of aromatic nitrogens is 4. The largest absolute Gasteiger partial charge is 0.322 e. The normalized spacial score (nSPS) is 10.8. The Balaban J connectivity index is 1.97. The average Bonchev–Trinajstić information content (AvgIpc) is 2.74. The van der Waals surface area contributed by atoms with Crippen LogP contribution in [-0.4, -0.2) is 19.7 Å². The predicted molar refractivity (Wildman–Crippen MR) is 73.7 cm³/mol. The molecule has 2 heterocycles. The van der Waals surface area contributed by atoms with Crippen molar-refractivity contribution in [3.63, 3.8) is 0 Å². The van der Waals surface area contributed by atoms with E-state index in [1.54, 1.807) is 10.9 Å². The quantitative estimate of drug-likeness (QED) is 0.791. The minimum atomic E-state index is 0.680. The van der Waals surface area contributed by atoms with Crippen molar-refractivity contribution >= 4 is 38.6 Å². The van der Waals surface area contributed by atoms with Crippen LogP contribution in [0.15, 0.2) is 41.1 Å². The molecule has 1 aromatic carbocycles. The molecule has 0 unspecified atom stereocenters. The van der Waals surface area contributed by atoms with E-state index in [0.29, 0.717) is 5.82 Å². The fourth-order valence-corrected chi connectivity index (χ4v) is 2.01. The molecule has 3 rings (SSSR count). The van der Waals surface area contributed by atoms with E-state index in [0.717, 1.165) is 21.3 Å². The predicted octanol–water partition coefficient (Wildman–Crippen LogP) is 2.87. The zero-order chi connectivity index (χ0) is 12.5. The number of aryl methyl sites for hydroxylation is 1. The number of nitrogens with one attached hydrogen (secondary N) is 1. The molecule has 18 heavy (non-hydrogen) atoms. The summed E-state index contributed by atoms with van der Waals surface area (Å²) in [5.74, 6) is 1.43. The number of rotatable bonds is 2. The van der Waals surface area contributed by atoms with Crippen LogP contribution < -0.4 is 5.32 Å². The molecule has 5 nitrogen and oxygen atoms in total. The van der Waals surface area contributed by atoms with Gasteiger partial charge >= 0.3 is 0 Å². The second kappa shape index (κ2) is 4.38. The fourth-order valence-electron chi connectivity index (χ4n) is 1.66. The maximum atomic E-state index is 4.49. The Morgan fingerprint density at radius 1 is 1.17 bits per heavy atom. The summed E-state index contributed by atoms with van der Waals surface area (Å²) in [7, 11) is 1.87. The van der Waals surface area contributed by atoms with E-state index in [2.05, 4.69) is 36.3 Å². The van der Waals surface area contributed by atoms with E-state index in [1.807, 2.05) is 37.5 Å². The Hall–Kier alpha value is -1.95. The molecule has 0 fully saturated rings. The molecule has 0 spiro atoms. The molecule has 0 aliphatic carbocycles. The van der Waals surface area contributed by atoms with Gasteiger partial charge < -0.3 is 5.32 Å². The zero-order valence-corrected chi connectivity index (χ0v) is 11.2. The fraction of sp³-hybridized carbons (Fsp3) is 0.0833. The Bertz CT molecular complexity index is 707. The number of benzene rings is 1. The first kappa shape index (κ1) is 11.2. The van der Waals surface area contributed by atoms with E-state index in [1.165, 1.54) is 0 Å². The number of nitrogens with zero attached hydrogens (tertiary/aromatic N) is 4. The van der Waals surface area contributed by atoms with Gasteiger partial charge in [-0.05, 0) is 18.2 Å². The maximum absolute atomic E-state index is 4.49. The van der Waals surface area contributed by atoms with Crippen molar-refractivity contribution < 1.29 is 0 Å². The molecular formula is C12H10BrN5. The Kier molecular flexibility index (Phi) is 2.71. The van der Waals surface area contributed by atoms with Crippen LogP contribution in [0, 0.1) is 0 Å². The molecule has 0 saturated heterocycles. The van der Waals surface area contributed by atoms with Crippen molar-refractivity contribution in [3.05, 3.63) is 41.1 Å². The third-order valence-electron chi connectivity index (χ3n) is 2.47. The van der Waals surface area contributed by atoms with E-state index < -0.39 is 0 Å². The van der Waals surface area contributed by atoms with Gasteiger partial charge in [-0.2, -0.15) is 5.10 Å². The Morgan fingerprint density at radius 2 is 2.06 bits per heavy atom. The van der Waals surface area contributed by atoms with Crippen LogP contribution in [0.2, 0.25) is 0 Å². The number of halogens is 1. The summed E-state index contributed by atoms with van der Waals surface area (Å²) >= 11 is 3.42. The molecule has 0 saturated carbocycles. The van der Waals surface area contributed by atoms with E-state index in [-0.39, 0.29) is 0 Å². The maximum Gasteiger partial charge on any atom is 0.153 e. The summed E-state index contributed by atoms with van der Waals surface area (Å²) in [4.78, 5) is 8.83. The standard InChI is InChI=1S/C12H10BrN5/c1-18-5-4-11(17-18)16-12-7-14-9-3-2-8(13)6-10(9)15-12/h2-7H,1H3,(H,15,16,17). The highest BCUT2D eigenvalue weighted by Gasteiger charge is 2.02. The lowest BCUT2D eigenvalue weighted by molar-refractivity contribution is 0.771. The smallest absolute Gasteiger partial charge is 0.153 e. The van der Waals surface area contributed by atoms with Crippen LogP contribution in [0.4, 0.5) is 11.6 Å². The van der Waals surface area contributed by atoms with Crippen molar-refractivity contribution in [1.29, 1.82) is 0 Å². The molecule has 0 amide bonds. The SMILES string of the molecule is Cn1ccc(Nc2cnc3ccc(Br)cc3n2)n1. The number of anilines is 2. The molecule has 6 heteroatoms. The van der Waals surface area contributed by atoms with Gasteiger partial charge in [-0.3, -0.25) is 9.67 Å². The van der Waals surface area contributed by atoms with Crippen LogP contribution in [0.1, 0.15) is 0 Å². The van der Waals surface area contributed by atoms with Crippen molar-refractivity contribution in [3.8, 4) is 0 Å². The molecule has 1 N–H and O–H groups in total. The average molecular weight is 304 g/mol. The Morgan fingerprint density at radius 3 is 2.83 bits per heavy atom. The van der Waals surface area contributed by atoms with Crippen molar-refractivity contribution in [2.45, 2.75) is 0 Å². The summed E-state index contributed by atoms with van der Waals surface area (Å²) in [5, 5.41) is 7.35. The third kappa shape index (κ3) is 2.19. The van der Waals surface area contributed by atoms with Gasteiger partial charge in [-0.25, -0.2) is 4.98 Å². The first-order valence-electron chi connectivity index (χ1n) is 5.40. The van der Waals surface area contributed by atoms with Gasteiger partial charge in [0.2, 0.25) is 0 Å². The van der Waals surface area contributed by atoms with Gasteiger partial charge in [0.15, 0.2) is 11.6 Å². The molecule has 0 aliphatic heterocycles. The molecule has 0 bridgehead atoms. The topological polar surface area (TPSA) is 55.6 Å². The number of fused-ring (bicyclic) bond motifs is 1. The van der Waals surface area contributed by atoms with Gasteiger partial charge in [-0.15, -0.1) is 0 Å². The molecule has 0 atom stereocenters. The second-order valence-electron chi connectivity index (χ2n) is 3.89. The molecule has 2 aromatic heterocycles. The lowest BCUT2D eigenvalue weighted by Gasteiger charge is -2.03. The van der Waals surface area contributed by atoms with E-state index in [4.69, 9.17) is 0 Å². The van der Waals surface area contributed by atoms with Crippen LogP contribution >= 0.6 is 15.9 Å². The van der Waals surface area contributed by atoms with Gasteiger partial charge in [0.25, 0.3) is 0 Å². The molecule has 0 radical (unpaired) electrons. The number of hydrogen-bond acceptors (Lipinski definition) is 4. The van der Waals surface area contributed by atoms with Crippen LogP contribution in [0.3, 0.4) is 0 Å². The molecule has 3 aromatic rings. The lowest BCUT2D eigenvalue weighted by atomic mass is 10.3. The van der Waals surface area contributed by atoms with E-state index in [9.17, 15) is 0 Å². The zero-order valence-electron chi connectivity index (χ0n) is 9.63. The summed E-state index contributed by atoms with van der Waals surface area (Å²) in [6, 6.07) is 7.69. The summed E-state index contributed by atoms with van der Waals surface area (Å²) in [5.41, 5.74) is 1.70. The molecule has 90 valence electrons. The van der Waals surface area contributed by atoms with Gasteiger partial charge in [-0.1, -0.05) is 15.9 Å². The summed E-state index contributed by atoms with van der Waals surface area (Å²) < 4.78 is 2.72. The van der Waals surface area contributed by atoms with Crippen LogP contribution in [0.5, 0.6) is 0 Å². The molecular weight excluding hydrogens is 294 g/mol. The van der Waals surface area contributed by atoms with Crippen molar-refractivity contribution in [1.82, 2.24) is 19.7 Å². The monoisotopic (exact) mass is 303 g/mol. The van der Waals surface area contributed by atoms with Crippen LogP contribution in [-0.2, 0) is 7.05 Å².